The second-order valence-corrected chi connectivity index (χ2v) is 10.1. The Labute approximate surface area is 207 Å². The number of fused-ring (bicyclic) bond motifs is 1. The maximum absolute atomic E-state index is 6.65. The highest BCUT2D eigenvalue weighted by Crippen LogP contribution is 2.34. The smallest absolute Gasteiger partial charge is 0.186 e. The van der Waals surface area contributed by atoms with Crippen molar-refractivity contribution in [1.82, 2.24) is 19.5 Å². The van der Waals surface area contributed by atoms with Crippen molar-refractivity contribution >= 4 is 17.0 Å². The van der Waals surface area contributed by atoms with E-state index < -0.39 is 0 Å². The zero-order chi connectivity index (χ0) is 23.6. The second kappa shape index (κ2) is 9.70. The van der Waals surface area contributed by atoms with Crippen LogP contribution in [0.4, 0.5) is 11.4 Å². The summed E-state index contributed by atoms with van der Waals surface area (Å²) < 4.78 is 2.08. The number of anilines is 2. The number of nitrogen functional groups attached to an aromatic ring is 1. The van der Waals surface area contributed by atoms with E-state index in [1.807, 2.05) is 0 Å². The molecule has 2 N–H and O–H groups in total. The normalized spacial score (nSPS) is 18.3. The molecule has 2 aromatic heterocycles. The van der Waals surface area contributed by atoms with Crippen LogP contribution in [0, 0.1) is 0 Å². The lowest BCUT2D eigenvalue weighted by molar-refractivity contribution is 0.199. The van der Waals surface area contributed by atoms with Gasteiger partial charge in [0.2, 0.25) is 0 Å². The minimum atomic E-state index is 0.628. The molecule has 0 radical (unpaired) electrons. The van der Waals surface area contributed by atoms with Crippen LogP contribution in [-0.2, 0) is 6.54 Å². The van der Waals surface area contributed by atoms with Gasteiger partial charge in [-0.15, -0.1) is 10.2 Å². The SMILES string of the molecule is Nc1c(N2CCC(c3ccccc3)CC2)ccn2c(CN3CCC(c4ccccc4)CC3)nnc12. The van der Waals surface area contributed by atoms with Crippen LogP contribution in [0.25, 0.3) is 5.65 Å². The van der Waals surface area contributed by atoms with Gasteiger partial charge < -0.3 is 10.6 Å². The van der Waals surface area contributed by atoms with Crippen molar-refractivity contribution in [2.24, 2.45) is 0 Å². The molecular weight excluding hydrogens is 432 g/mol. The van der Waals surface area contributed by atoms with E-state index in [-0.39, 0.29) is 0 Å². The van der Waals surface area contributed by atoms with Crippen molar-refractivity contribution in [3.63, 3.8) is 0 Å². The van der Waals surface area contributed by atoms with Crippen LogP contribution in [-0.4, -0.2) is 45.7 Å². The van der Waals surface area contributed by atoms with Crippen molar-refractivity contribution in [2.45, 2.75) is 44.1 Å². The maximum Gasteiger partial charge on any atom is 0.186 e. The lowest BCUT2D eigenvalue weighted by Gasteiger charge is -2.34. The first-order chi connectivity index (χ1) is 17.3. The van der Waals surface area contributed by atoms with Crippen LogP contribution < -0.4 is 10.6 Å². The topological polar surface area (TPSA) is 62.7 Å². The van der Waals surface area contributed by atoms with Gasteiger partial charge in [-0.1, -0.05) is 60.7 Å². The Balaban J connectivity index is 1.11. The Kier molecular flexibility index (Phi) is 6.13. The van der Waals surface area contributed by atoms with Crippen LogP contribution in [0.15, 0.2) is 72.9 Å². The molecule has 0 aliphatic carbocycles. The molecule has 0 bridgehead atoms. The molecule has 2 aliphatic heterocycles. The molecule has 180 valence electrons. The first-order valence-electron chi connectivity index (χ1n) is 13.0. The first kappa shape index (κ1) is 22.1. The average molecular weight is 467 g/mol. The average Bonchev–Trinajstić information content (AvgIpc) is 3.34. The van der Waals surface area contributed by atoms with Crippen molar-refractivity contribution in [2.75, 3.05) is 36.8 Å². The van der Waals surface area contributed by atoms with Gasteiger partial charge >= 0.3 is 0 Å². The molecule has 2 saturated heterocycles. The zero-order valence-corrected chi connectivity index (χ0v) is 20.3. The third kappa shape index (κ3) is 4.50. The molecule has 0 amide bonds. The fraction of sp³-hybridized carbons (Fsp3) is 0.379. The summed E-state index contributed by atoms with van der Waals surface area (Å²) >= 11 is 0. The first-order valence-corrected chi connectivity index (χ1v) is 13.0. The van der Waals surface area contributed by atoms with E-state index in [1.165, 1.54) is 24.0 Å². The number of hydrogen-bond acceptors (Lipinski definition) is 5. The summed E-state index contributed by atoms with van der Waals surface area (Å²) in [6.45, 7) is 5.00. The Morgan fingerprint density at radius 1 is 0.714 bits per heavy atom. The van der Waals surface area contributed by atoms with Gasteiger partial charge in [0, 0.05) is 19.3 Å². The summed E-state index contributed by atoms with van der Waals surface area (Å²) in [5.74, 6) is 2.26. The summed E-state index contributed by atoms with van der Waals surface area (Å²) in [5, 5.41) is 9.04. The molecule has 6 heteroatoms. The number of rotatable bonds is 5. The highest BCUT2D eigenvalue weighted by atomic mass is 15.3. The molecule has 6 rings (SSSR count). The predicted octanol–water partition coefficient (Wildman–Crippen LogP) is 5.08. The minimum Gasteiger partial charge on any atom is -0.394 e. The lowest BCUT2D eigenvalue weighted by Crippen LogP contribution is -2.33. The molecule has 2 aromatic carbocycles. The third-order valence-corrected chi connectivity index (χ3v) is 7.99. The summed E-state index contributed by atoms with van der Waals surface area (Å²) in [4.78, 5) is 4.91. The molecule has 4 aromatic rings. The van der Waals surface area contributed by atoms with Gasteiger partial charge in [-0.25, -0.2) is 0 Å². The van der Waals surface area contributed by atoms with Crippen molar-refractivity contribution in [3.8, 4) is 0 Å². The highest BCUT2D eigenvalue weighted by molar-refractivity contribution is 5.80. The molecule has 4 heterocycles. The second-order valence-electron chi connectivity index (χ2n) is 10.1. The monoisotopic (exact) mass is 466 g/mol. The Bertz CT molecular complexity index is 1250. The van der Waals surface area contributed by atoms with Gasteiger partial charge in [-0.2, -0.15) is 0 Å². The Hall–Kier alpha value is -3.38. The number of hydrogen-bond donors (Lipinski definition) is 1. The standard InChI is InChI=1S/C29H34N6/c30-28-26(34-18-13-25(14-19-34)23-9-5-2-6-10-23)15-20-35-27(31-32-29(28)35)21-33-16-11-24(12-17-33)22-7-3-1-4-8-22/h1-10,15,20,24-25H,11-14,16-19,21,30H2. The van der Waals surface area contributed by atoms with Gasteiger partial charge in [0.15, 0.2) is 11.5 Å². The molecular formula is C29H34N6. The van der Waals surface area contributed by atoms with Crippen LogP contribution in [0.1, 0.15) is 54.5 Å². The molecule has 0 atom stereocenters. The minimum absolute atomic E-state index is 0.628. The fourth-order valence-corrected chi connectivity index (χ4v) is 5.93. The van der Waals surface area contributed by atoms with Crippen molar-refractivity contribution in [1.29, 1.82) is 0 Å². The summed E-state index contributed by atoms with van der Waals surface area (Å²) in [7, 11) is 0. The molecule has 0 spiro atoms. The van der Waals surface area contributed by atoms with Gasteiger partial charge in [0.1, 0.15) is 5.69 Å². The summed E-state index contributed by atoms with van der Waals surface area (Å²) in [6, 6.07) is 23.9. The third-order valence-electron chi connectivity index (χ3n) is 7.99. The summed E-state index contributed by atoms with van der Waals surface area (Å²) in [6.07, 6.45) is 6.77. The van der Waals surface area contributed by atoms with E-state index in [4.69, 9.17) is 5.73 Å². The van der Waals surface area contributed by atoms with E-state index in [0.29, 0.717) is 11.8 Å². The van der Waals surface area contributed by atoms with Crippen LogP contribution >= 0.6 is 0 Å². The van der Waals surface area contributed by atoms with Gasteiger partial charge in [0.25, 0.3) is 0 Å². The number of aromatic nitrogens is 3. The van der Waals surface area contributed by atoms with E-state index >= 15 is 0 Å². The molecule has 2 aliphatic rings. The number of benzene rings is 2. The van der Waals surface area contributed by atoms with Crippen LogP contribution in [0.3, 0.4) is 0 Å². The van der Waals surface area contributed by atoms with E-state index in [2.05, 4.69) is 97.3 Å². The maximum atomic E-state index is 6.65. The van der Waals surface area contributed by atoms with Crippen molar-refractivity contribution in [3.05, 3.63) is 89.9 Å². The number of nitrogens with zero attached hydrogens (tertiary/aromatic N) is 5. The molecule has 0 unspecified atom stereocenters. The van der Waals surface area contributed by atoms with Gasteiger partial charge in [-0.3, -0.25) is 9.30 Å². The molecule has 0 saturated carbocycles. The molecule has 6 nitrogen and oxygen atoms in total. The van der Waals surface area contributed by atoms with E-state index in [1.54, 1.807) is 0 Å². The Morgan fingerprint density at radius 3 is 1.89 bits per heavy atom. The van der Waals surface area contributed by atoms with Crippen LogP contribution in [0.5, 0.6) is 0 Å². The molecule has 35 heavy (non-hydrogen) atoms. The van der Waals surface area contributed by atoms with Crippen molar-refractivity contribution < 1.29 is 0 Å². The van der Waals surface area contributed by atoms with Crippen LogP contribution in [0.2, 0.25) is 0 Å². The van der Waals surface area contributed by atoms with Gasteiger partial charge in [0.05, 0.1) is 12.2 Å². The predicted molar refractivity (Wildman–Crippen MR) is 142 cm³/mol. The highest BCUT2D eigenvalue weighted by Gasteiger charge is 2.25. The number of likely N-dealkylation sites (tertiary alicyclic amines) is 1. The van der Waals surface area contributed by atoms with E-state index in [0.717, 1.165) is 68.4 Å². The summed E-state index contributed by atoms with van der Waals surface area (Å²) in [5.41, 5.74) is 12.2. The number of nitrogens with two attached hydrogens (primary N) is 1. The quantitative estimate of drug-likeness (QED) is 0.445. The lowest BCUT2D eigenvalue weighted by atomic mass is 9.89. The largest absolute Gasteiger partial charge is 0.394 e. The molecule has 2 fully saturated rings. The fourth-order valence-electron chi connectivity index (χ4n) is 5.93. The van der Waals surface area contributed by atoms with E-state index in [9.17, 15) is 0 Å². The Morgan fingerprint density at radius 2 is 1.29 bits per heavy atom. The number of pyridine rings is 1. The number of piperidine rings is 2. The van der Waals surface area contributed by atoms with Gasteiger partial charge in [-0.05, 0) is 67.8 Å². The zero-order valence-electron chi connectivity index (χ0n) is 20.3.